The molecule has 162 valence electrons. The molecule has 1 unspecified atom stereocenters. The molecule has 1 saturated heterocycles. The Bertz CT molecular complexity index is 1020. The molecule has 2 aromatic rings. The predicted molar refractivity (Wildman–Crippen MR) is 115 cm³/mol. The molecule has 7 nitrogen and oxygen atoms in total. The third kappa shape index (κ3) is 4.18. The Morgan fingerprint density at radius 3 is 2.87 bits per heavy atom. The minimum absolute atomic E-state index is 0.0624. The topological polar surface area (TPSA) is 89.0 Å². The van der Waals surface area contributed by atoms with Crippen molar-refractivity contribution in [2.24, 2.45) is 0 Å². The van der Waals surface area contributed by atoms with Gasteiger partial charge in [-0.1, -0.05) is 6.07 Å². The zero-order valence-corrected chi connectivity index (χ0v) is 17.7. The summed E-state index contributed by atoms with van der Waals surface area (Å²) in [7, 11) is 0. The van der Waals surface area contributed by atoms with Gasteiger partial charge in [0.2, 0.25) is 0 Å². The summed E-state index contributed by atoms with van der Waals surface area (Å²) in [4.78, 5) is 31.7. The van der Waals surface area contributed by atoms with Gasteiger partial charge in [0, 0.05) is 31.3 Å². The second kappa shape index (κ2) is 8.89. The van der Waals surface area contributed by atoms with E-state index in [0.29, 0.717) is 37.4 Å². The quantitative estimate of drug-likeness (QED) is 0.319. The summed E-state index contributed by atoms with van der Waals surface area (Å²) in [5.41, 5.74) is 2.06. The molecule has 1 N–H and O–H groups in total. The van der Waals surface area contributed by atoms with Crippen LogP contribution in [0.15, 0.2) is 48.2 Å². The van der Waals surface area contributed by atoms with Gasteiger partial charge in [0.1, 0.15) is 17.6 Å². The highest BCUT2D eigenvalue weighted by Crippen LogP contribution is 2.39. The highest BCUT2D eigenvalue weighted by atomic mass is 16.5. The molecular weight excluding hydrogens is 396 g/mol. The Balaban J connectivity index is 1.72. The molecule has 1 aromatic carbocycles. The molecule has 0 aliphatic carbocycles. The number of likely N-dealkylation sites (tertiary alicyclic amines) is 1. The van der Waals surface area contributed by atoms with E-state index in [-0.39, 0.29) is 17.4 Å². The van der Waals surface area contributed by atoms with Crippen molar-refractivity contribution >= 4 is 17.4 Å². The second-order valence-corrected chi connectivity index (χ2v) is 7.94. The van der Waals surface area contributed by atoms with Gasteiger partial charge in [0.25, 0.3) is 11.7 Å². The van der Waals surface area contributed by atoms with E-state index in [1.54, 1.807) is 36.5 Å². The second-order valence-electron chi connectivity index (χ2n) is 7.94. The monoisotopic (exact) mass is 422 g/mol. The van der Waals surface area contributed by atoms with Crippen LogP contribution in [-0.4, -0.2) is 52.5 Å². The van der Waals surface area contributed by atoms with Crippen molar-refractivity contribution < 1.29 is 24.2 Å². The fourth-order valence-corrected chi connectivity index (χ4v) is 4.00. The van der Waals surface area contributed by atoms with Crippen molar-refractivity contribution in [2.45, 2.75) is 38.8 Å². The molecule has 0 radical (unpaired) electrons. The van der Waals surface area contributed by atoms with E-state index in [4.69, 9.17) is 9.47 Å². The summed E-state index contributed by atoms with van der Waals surface area (Å²) in [6.45, 7) is 5.29. The maximum absolute atomic E-state index is 13.0. The number of amides is 1. The fraction of sp³-hybridized carbons (Fsp3) is 0.375. The molecule has 0 spiro atoms. The average molecular weight is 422 g/mol. The Kier molecular flexibility index (Phi) is 6.04. The highest BCUT2D eigenvalue weighted by molar-refractivity contribution is 6.46. The lowest BCUT2D eigenvalue weighted by Gasteiger charge is -2.24. The lowest BCUT2D eigenvalue weighted by molar-refractivity contribution is -0.140. The van der Waals surface area contributed by atoms with Crippen molar-refractivity contribution in [3.63, 3.8) is 0 Å². The number of benzene rings is 1. The summed E-state index contributed by atoms with van der Waals surface area (Å²) >= 11 is 0. The number of Topliss-reactive ketones (excluding diaryl/α,β-unsaturated/α-hetero) is 1. The third-order valence-corrected chi connectivity index (χ3v) is 5.47. The van der Waals surface area contributed by atoms with E-state index in [2.05, 4.69) is 4.98 Å². The van der Waals surface area contributed by atoms with Gasteiger partial charge < -0.3 is 19.5 Å². The van der Waals surface area contributed by atoms with E-state index >= 15 is 0 Å². The maximum atomic E-state index is 13.0. The van der Waals surface area contributed by atoms with Gasteiger partial charge in [-0.2, -0.15) is 0 Å². The fourth-order valence-electron chi connectivity index (χ4n) is 4.00. The van der Waals surface area contributed by atoms with Crippen molar-refractivity contribution in [2.75, 3.05) is 19.8 Å². The summed E-state index contributed by atoms with van der Waals surface area (Å²) in [6.07, 6.45) is 3.02. The predicted octanol–water partition coefficient (Wildman–Crippen LogP) is 3.25. The van der Waals surface area contributed by atoms with Crippen LogP contribution in [0.5, 0.6) is 5.75 Å². The standard InChI is InChI=1S/C24H26N2O5/c1-15(2)30-12-5-11-26-21(18-6-3-4-10-25-18)20(23(28)24(26)29)22(27)17-7-8-19-16(14-17)9-13-31-19/h3-4,6-8,10,14-15,21,27H,5,9,11-13H2,1-2H3/b22-20-. The van der Waals surface area contributed by atoms with Crippen LogP contribution in [-0.2, 0) is 20.7 Å². The molecule has 7 heteroatoms. The number of nitrogens with zero attached hydrogens (tertiary/aromatic N) is 2. The zero-order chi connectivity index (χ0) is 22.0. The Morgan fingerprint density at radius 2 is 2.13 bits per heavy atom. The Morgan fingerprint density at radius 1 is 1.29 bits per heavy atom. The first kappa shape index (κ1) is 21.1. The van der Waals surface area contributed by atoms with Crippen LogP contribution in [0.25, 0.3) is 5.76 Å². The van der Waals surface area contributed by atoms with Crippen LogP contribution in [0.3, 0.4) is 0 Å². The van der Waals surface area contributed by atoms with Crippen molar-refractivity contribution in [1.82, 2.24) is 9.88 Å². The van der Waals surface area contributed by atoms with E-state index in [1.807, 2.05) is 19.9 Å². The molecule has 4 rings (SSSR count). The molecular formula is C24H26N2O5. The molecule has 1 aromatic heterocycles. The van der Waals surface area contributed by atoms with Crippen LogP contribution in [0.1, 0.15) is 43.1 Å². The largest absolute Gasteiger partial charge is 0.507 e. The third-order valence-electron chi connectivity index (χ3n) is 5.47. The number of ketones is 1. The van der Waals surface area contributed by atoms with E-state index in [1.165, 1.54) is 4.90 Å². The van der Waals surface area contributed by atoms with Gasteiger partial charge >= 0.3 is 0 Å². The lowest BCUT2D eigenvalue weighted by Crippen LogP contribution is -2.31. The first-order chi connectivity index (χ1) is 15.0. The minimum Gasteiger partial charge on any atom is -0.507 e. The normalized spacial score (nSPS) is 19.7. The van der Waals surface area contributed by atoms with Gasteiger partial charge in [0.15, 0.2) is 0 Å². The van der Waals surface area contributed by atoms with Crippen LogP contribution in [0, 0.1) is 0 Å². The van der Waals surface area contributed by atoms with Crippen LogP contribution in [0.4, 0.5) is 0 Å². The molecule has 2 aliphatic heterocycles. The van der Waals surface area contributed by atoms with E-state index in [9.17, 15) is 14.7 Å². The lowest BCUT2D eigenvalue weighted by atomic mass is 9.97. The number of fused-ring (bicyclic) bond motifs is 1. The molecule has 0 bridgehead atoms. The summed E-state index contributed by atoms with van der Waals surface area (Å²) in [5, 5.41) is 11.1. The molecule has 2 aliphatic rings. The summed E-state index contributed by atoms with van der Waals surface area (Å²) in [5.74, 6) is -0.742. The van der Waals surface area contributed by atoms with E-state index in [0.717, 1.165) is 17.7 Å². The number of hydrogen-bond donors (Lipinski definition) is 1. The van der Waals surface area contributed by atoms with Crippen molar-refractivity contribution in [1.29, 1.82) is 0 Å². The molecule has 1 amide bonds. The number of pyridine rings is 1. The molecule has 31 heavy (non-hydrogen) atoms. The first-order valence-corrected chi connectivity index (χ1v) is 10.5. The number of hydrogen-bond acceptors (Lipinski definition) is 6. The first-order valence-electron chi connectivity index (χ1n) is 10.5. The number of aliphatic hydroxyl groups excluding tert-OH is 1. The smallest absolute Gasteiger partial charge is 0.295 e. The molecule has 1 fully saturated rings. The van der Waals surface area contributed by atoms with Crippen molar-refractivity contribution in [3.8, 4) is 5.75 Å². The van der Waals surface area contributed by atoms with Gasteiger partial charge in [-0.05, 0) is 56.2 Å². The summed E-state index contributed by atoms with van der Waals surface area (Å²) < 4.78 is 11.1. The number of carbonyl (C=O) groups is 2. The van der Waals surface area contributed by atoms with Gasteiger partial charge in [-0.15, -0.1) is 0 Å². The SMILES string of the molecule is CC(C)OCCCN1C(=O)C(=O)/C(=C(\O)c2ccc3c(c2)CCO3)C1c1ccccn1. The Hall–Kier alpha value is -3.19. The maximum Gasteiger partial charge on any atom is 0.295 e. The Labute approximate surface area is 181 Å². The molecule has 0 saturated carbocycles. The van der Waals surface area contributed by atoms with Crippen molar-refractivity contribution in [3.05, 3.63) is 65.0 Å². The van der Waals surface area contributed by atoms with Gasteiger partial charge in [-0.25, -0.2) is 0 Å². The average Bonchev–Trinajstić information content (AvgIpc) is 3.34. The number of ether oxygens (including phenoxy) is 2. The van der Waals surface area contributed by atoms with Crippen LogP contribution >= 0.6 is 0 Å². The number of rotatable bonds is 7. The number of carbonyl (C=O) groups excluding carboxylic acids is 2. The van der Waals surface area contributed by atoms with Crippen LogP contribution in [0.2, 0.25) is 0 Å². The minimum atomic E-state index is -0.746. The van der Waals surface area contributed by atoms with E-state index < -0.39 is 17.7 Å². The number of aromatic nitrogens is 1. The van der Waals surface area contributed by atoms with Gasteiger partial charge in [0.05, 0.1) is 24.0 Å². The zero-order valence-electron chi connectivity index (χ0n) is 17.7. The number of aliphatic hydroxyl groups is 1. The summed E-state index contributed by atoms with van der Waals surface area (Å²) in [6, 6.07) is 9.90. The highest BCUT2D eigenvalue weighted by Gasteiger charge is 2.46. The molecule has 1 atom stereocenters. The van der Waals surface area contributed by atoms with Crippen LogP contribution < -0.4 is 4.74 Å². The van der Waals surface area contributed by atoms with Gasteiger partial charge in [-0.3, -0.25) is 14.6 Å². The molecule has 3 heterocycles.